The minimum Gasteiger partial charge on any atom is -0.496 e. The largest absolute Gasteiger partial charge is 0.496 e. The fraction of sp³-hybridized carbons (Fsp3) is 0.372. The zero-order valence-electron chi connectivity index (χ0n) is 30.2. The van der Waals surface area contributed by atoms with Gasteiger partial charge >= 0.3 is 0 Å². The van der Waals surface area contributed by atoms with Crippen LogP contribution in [0.5, 0.6) is 5.75 Å². The number of fused-ring (bicyclic) bond motifs is 3. The molecule has 2 N–H and O–H groups in total. The van der Waals surface area contributed by atoms with E-state index in [9.17, 15) is 18.8 Å². The molecule has 3 amide bonds. The highest BCUT2D eigenvalue weighted by molar-refractivity contribution is 6.03. The number of benzene rings is 4. The smallest absolute Gasteiger partial charge is 0.252 e. The van der Waals surface area contributed by atoms with Crippen LogP contribution in [-0.4, -0.2) is 42.3 Å². The number of hydrogen-bond acceptors (Lipinski definition) is 4. The van der Waals surface area contributed by atoms with Gasteiger partial charge in [0.25, 0.3) is 5.91 Å². The predicted molar refractivity (Wildman–Crippen MR) is 198 cm³/mol. The van der Waals surface area contributed by atoms with E-state index in [1.54, 1.807) is 31.2 Å². The molecule has 3 aliphatic rings. The summed E-state index contributed by atoms with van der Waals surface area (Å²) in [7, 11) is 3.31. The van der Waals surface area contributed by atoms with Crippen LogP contribution in [-0.2, 0) is 21.5 Å². The first kappa shape index (κ1) is 35.8. The van der Waals surface area contributed by atoms with Crippen molar-refractivity contribution >= 4 is 17.7 Å². The third-order valence-electron chi connectivity index (χ3n) is 11.0. The molecule has 266 valence electrons. The number of nitrogens with zero attached hydrogens (tertiary/aromatic N) is 1. The van der Waals surface area contributed by atoms with Crippen molar-refractivity contribution in [3.8, 4) is 16.9 Å². The van der Waals surface area contributed by atoms with Crippen molar-refractivity contribution in [3.05, 3.63) is 125 Å². The van der Waals surface area contributed by atoms with E-state index in [0.29, 0.717) is 55.4 Å². The molecule has 51 heavy (non-hydrogen) atoms. The maximum absolute atomic E-state index is 14.2. The molecule has 0 spiro atoms. The monoisotopic (exact) mass is 689 g/mol. The molecule has 1 atom stereocenters. The van der Waals surface area contributed by atoms with Gasteiger partial charge in [0.05, 0.1) is 12.7 Å². The van der Waals surface area contributed by atoms with Crippen LogP contribution in [0.15, 0.2) is 97.1 Å². The molecule has 4 aromatic carbocycles. The number of hydrogen-bond donors (Lipinski definition) is 2. The molecule has 0 aromatic heterocycles. The summed E-state index contributed by atoms with van der Waals surface area (Å²) < 4.78 is 19.2. The third-order valence-corrected chi connectivity index (χ3v) is 11.0. The van der Waals surface area contributed by atoms with Crippen LogP contribution in [0, 0.1) is 11.2 Å². The number of methoxy groups -OCH3 is 1. The first-order valence-corrected chi connectivity index (χ1v) is 17.8. The highest BCUT2D eigenvalue weighted by Crippen LogP contribution is 2.53. The molecule has 3 aliphatic carbocycles. The minimum atomic E-state index is -0.865. The standard InChI is InChI=1S/C43H48FN3O4/c1-41(2,3)32-18-16-30(17-19-32)36-34(12-9-13-35(36)51-5)38(48)46-43-25-22-42(23-26-43,24-27-43)40(50)45-37(31-10-7-6-8-11-31)39(49)47(4)28-29-14-20-33(44)21-15-29/h6-21,37H,22-28H2,1-5H3,(H,45,50)(H,46,48)/t37-,42?,43?/m0/s1. The molecule has 0 aliphatic heterocycles. The van der Waals surface area contributed by atoms with Gasteiger partial charge in [-0.1, -0.05) is 93.6 Å². The van der Waals surface area contributed by atoms with E-state index in [1.165, 1.54) is 17.7 Å². The fourth-order valence-corrected chi connectivity index (χ4v) is 7.73. The molecule has 7 rings (SSSR count). The first-order chi connectivity index (χ1) is 24.3. The maximum atomic E-state index is 14.2. The molecular formula is C43H48FN3O4. The van der Waals surface area contributed by atoms with Crippen LogP contribution in [0.4, 0.5) is 4.39 Å². The van der Waals surface area contributed by atoms with Gasteiger partial charge in [-0.3, -0.25) is 14.4 Å². The second-order valence-corrected chi connectivity index (χ2v) is 15.4. The SMILES string of the molecule is COc1cccc(C(=O)NC23CCC(C(=O)N[C@H](C(=O)N(C)Cc4ccc(F)cc4)c4ccccc4)(CC2)CC3)c1-c1ccc(C(C)(C)C)cc1. The van der Waals surface area contributed by atoms with E-state index in [0.717, 1.165) is 16.7 Å². The molecule has 0 heterocycles. The molecule has 7 nitrogen and oxygen atoms in total. The average Bonchev–Trinajstić information content (AvgIpc) is 3.14. The van der Waals surface area contributed by atoms with Crippen LogP contribution < -0.4 is 15.4 Å². The molecular weight excluding hydrogens is 641 g/mol. The Hall–Kier alpha value is -4.98. The highest BCUT2D eigenvalue weighted by Gasteiger charge is 2.53. The van der Waals surface area contributed by atoms with E-state index >= 15 is 0 Å². The lowest BCUT2D eigenvalue weighted by Crippen LogP contribution is -2.60. The maximum Gasteiger partial charge on any atom is 0.252 e. The van der Waals surface area contributed by atoms with Crippen LogP contribution in [0.1, 0.15) is 92.4 Å². The van der Waals surface area contributed by atoms with Gasteiger partial charge in [0, 0.05) is 30.1 Å². The summed E-state index contributed by atoms with van der Waals surface area (Å²) in [5.41, 5.74) is 3.90. The second-order valence-electron chi connectivity index (χ2n) is 15.4. The Morgan fingerprint density at radius 1 is 0.824 bits per heavy atom. The number of carbonyl (C=O) groups is 3. The van der Waals surface area contributed by atoms with Crippen molar-refractivity contribution in [2.75, 3.05) is 14.2 Å². The van der Waals surface area contributed by atoms with E-state index in [-0.39, 0.29) is 35.5 Å². The molecule has 4 aromatic rings. The van der Waals surface area contributed by atoms with Crippen molar-refractivity contribution in [2.45, 2.75) is 82.8 Å². The number of likely N-dealkylation sites (N-methyl/N-ethyl adjacent to an activating group) is 1. The number of nitrogens with one attached hydrogen (secondary N) is 2. The second kappa shape index (κ2) is 14.3. The number of amides is 3. The van der Waals surface area contributed by atoms with Gasteiger partial charge in [0.15, 0.2) is 0 Å². The van der Waals surface area contributed by atoms with Crippen molar-refractivity contribution in [2.24, 2.45) is 5.41 Å². The molecule has 0 radical (unpaired) electrons. The summed E-state index contributed by atoms with van der Waals surface area (Å²) in [6.07, 6.45) is 3.83. The van der Waals surface area contributed by atoms with E-state index in [4.69, 9.17) is 4.74 Å². The van der Waals surface area contributed by atoms with E-state index in [1.807, 2.05) is 48.5 Å². The van der Waals surface area contributed by atoms with Crippen LogP contribution in [0.2, 0.25) is 0 Å². The van der Waals surface area contributed by atoms with Gasteiger partial charge in [-0.2, -0.15) is 0 Å². The quantitative estimate of drug-likeness (QED) is 0.176. The normalized spacial score (nSPS) is 20.3. The molecule has 3 fully saturated rings. The summed E-state index contributed by atoms with van der Waals surface area (Å²) in [5, 5.41) is 6.54. The zero-order chi connectivity index (χ0) is 36.4. The van der Waals surface area contributed by atoms with Crippen molar-refractivity contribution < 1.29 is 23.5 Å². The lowest BCUT2D eigenvalue weighted by Gasteiger charge is -2.52. The van der Waals surface area contributed by atoms with E-state index in [2.05, 4.69) is 55.7 Å². The molecule has 2 bridgehead atoms. The topological polar surface area (TPSA) is 87.7 Å². The number of rotatable bonds is 10. The number of halogens is 1. The van der Waals surface area contributed by atoms with Gasteiger partial charge in [-0.05, 0) is 90.5 Å². The molecule has 8 heteroatoms. The predicted octanol–water partition coefficient (Wildman–Crippen LogP) is 8.14. The molecule has 0 saturated heterocycles. The Bertz CT molecular complexity index is 1860. The van der Waals surface area contributed by atoms with Crippen molar-refractivity contribution in [3.63, 3.8) is 0 Å². The summed E-state index contributed by atoms with van der Waals surface area (Å²) in [4.78, 5) is 43.7. The summed E-state index contributed by atoms with van der Waals surface area (Å²) in [5.74, 6) is -0.227. The van der Waals surface area contributed by atoms with Crippen molar-refractivity contribution in [1.82, 2.24) is 15.5 Å². The van der Waals surface area contributed by atoms with Gasteiger partial charge in [-0.25, -0.2) is 4.39 Å². The Balaban J connectivity index is 1.16. The van der Waals surface area contributed by atoms with Gasteiger partial charge in [-0.15, -0.1) is 0 Å². The third kappa shape index (κ3) is 7.55. The average molecular weight is 690 g/mol. The van der Waals surface area contributed by atoms with Crippen molar-refractivity contribution in [1.29, 1.82) is 0 Å². The fourth-order valence-electron chi connectivity index (χ4n) is 7.73. The Kier molecular flexibility index (Phi) is 10.1. The lowest BCUT2D eigenvalue weighted by atomic mass is 9.56. The van der Waals surface area contributed by atoms with Gasteiger partial charge in [0.1, 0.15) is 17.6 Å². The summed E-state index contributed by atoms with van der Waals surface area (Å²) in [6.45, 7) is 6.80. The van der Waals surface area contributed by atoms with Crippen LogP contribution >= 0.6 is 0 Å². The van der Waals surface area contributed by atoms with Gasteiger partial charge in [0.2, 0.25) is 11.8 Å². The summed E-state index contributed by atoms with van der Waals surface area (Å²) in [6, 6.07) is 28.4. The molecule has 3 saturated carbocycles. The number of carbonyl (C=O) groups excluding carboxylic acids is 3. The number of ether oxygens (including phenoxy) is 1. The Morgan fingerprint density at radius 3 is 2.04 bits per heavy atom. The van der Waals surface area contributed by atoms with Crippen LogP contribution in [0.25, 0.3) is 11.1 Å². The Labute approximate surface area is 300 Å². The summed E-state index contributed by atoms with van der Waals surface area (Å²) >= 11 is 0. The molecule has 0 unspecified atom stereocenters. The van der Waals surface area contributed by atoms with Gasteiger partial charge < -0.3 is 20.3 Å². The highest BCUT2D eigenvalue weighted by atomic mass is 19.1. The van der Waals surface area contributed by atoms with E-state index < -0.39 is 17.0 Å². The zero-order valence-corrected chi connectivity index (χ0v) is 30.2. The minimum absolute atomic E-state index is 0.00623. The Morgan fingerprint density at radius 2 is 1.45 bits per heavy atom. The lowest BCUT2D eigenvalue weighted by molar-refractivity contribution is -0.143. The first-order valence-electron chi connectivity index (χ1n) is 17.8. The van der Waals surface area contributed by atoms with Crippen LogP contribution in [0.3, 0.4) is 0 Å².